The molecule has 3 rings (SSSR count). The molecule has 0 fully saturated rings. The molecule has 4 nitrogen and oxygen atoms in total. The fourth-order valence-electron chi connectivity index (χ4n) is 2.06. The molecule has 0 aliphatic rings. The molecule has 0 unspecified atom stereocenters. The van der Waals surface area contributed by atoms with Crippen molar-refractivity contribution in [3.8, 4) is 11.4 Å². The minimum absolute atomic E-state index is 0.362. The van der Waals surface area contributed by atoms with E-state index in [0.717, 1.165) is 17.7 Å². The Morgan fingerprint density at radius 3 is 2.33 bits per heavy atom. The summed E-state index contributed by atoms with van der Waals surface area (Å²) in [5, 5.41) is 8.02. The predicted molar refractivity (Wildman–Crippen MR) is 71.3 cm³/mol. The normalized spacial score (nSPS) is 12.0. The van der Waals surface area contributed by atoms with E-state index in [9.17, 15) is 13.2 Å². The third-order valence-electron chi connectivity index (χ3n) is 3.17. The zero-order valence-electron chi connectivity index (χ0n) is 10.8. The van der Waals surface area contributed by atoms with Crippen molar-refractivity contribution in [3.05, 3.63) is 53.7 Å². The van der Waals surface area contributed by atoms with Crippen LogP contribution < -0.4 is 5.73 Å². The number of pyridine rings is 1. The summed E-state index contributed by atoms with van der Waals surface area (Å²) in [6.45, 7) is 0.362. The lowest BCUT2D eigenvalue weighted by Gasteiger charge is -2.07. The van der Waals surface area contributed by atoms with Gasteiger partial charge < -0.3 is 5.73 Å². The molecule has 0 saturated heterocycles. The van der Waals surface area contributed by atoms with E-state index in [0.29, 0.717) is 23.6 Å². The topological polar surface area (TPSA) is 56.2 Å². The molecule has 0 amide bonds. The first-order valence-corrected chi connectivity index (χ1v) is 6.20. The monoisotopic (exact) mass is 292 g/mol. The highest BCUT2D eigenvalue weighted by atomic mass is 19.4. The summed E-state index contributed by atoms with van der Waals surface area (Å²) in [7, 11) is 0. The van der Waals surface area contributed by atoms with Crippen molar-refractivity contribution in [2.45, 2.75) is 12.7 Å². The molecule has 0 radical (unpaired) electrons. The molecule has 0 spiro atoms. The number of aromatic nitrogens is 3. The van der Waals surface area contributed by atoms with Gasteiger partial charge in [0.05, 0.1) is 5.56 Å². The van der Waals surface area contributed by atoms with E-state index in [1.807, 2.05) is 6.07 Å². The van der Waals surface area contributed by atoms with E-state index >= 15 is 0 Å². The first-order chi connectivity index (χ1) is 9.99. The number of halogens is 3. The quantitative estimate of drug-likeness (QED) is 0.790. The first-order valence-electron chi connectivity index (χ1n) is 6.20. The zero-order chi connectivity index (χ0) is 15.0. The molecule has 2 N–H and O–H groups in total. The van der Waals surface area contributed by atoms with Gasteiger partial charge in [-0.05, 0) is 23.8 Å². The third kappa shape index (κ3) is 2.47. The van der Waals surface area contributed by atoms with E-state index in [2.05, 4.69) is 10.2 Å². The highest BCUT2D eigenvalue weighted by Gasteiger charge is 2.30. The summed E-state index contributed by atoms with van der Waals surface area (Å²) >= 11 is 0. The van der Waals surface area contributed by atoms with E-state index in [4.69, 9.17) is 5.73 Å². The smallest absolute Gasteiger partial charge is 0.326 e. The van der Waals surface area contributed by atoms with Crippen LogP contribution in [0.15, 0.2) is 42.6 Å². The van der Waals surface area contributed by atoms with Crippen molar-refractivity contribution in [2.24, 2.45) is 5.73 Å². The van der Waals surface area contributed by atoms with E-state index < -0.39 is 11.7 Å². The van der Waals surface area contributed by atoms with Crippen LogP contribution in [0, 0.1) is 0 Å². The maximum absolute atomic E-state index is 12.6. The van der Waals surface area contributed by atoms with Crippen molar-refractivity contribution in [1.82, 2.24) is 14.6 Å². The van der Waals surface area contributed by atoms with Crippen molar-refractivity contribution >= 4 is 5.65 Å². The largest absolute Gasteiger partial charge is 0.416 e. The summed E-state index contributed by atoms with van der Waals surface area (Å²) in [5.41, 5.74) is 6.95. The fourth-order valence-corrected chi connectivity index (χ4v) is 2.06. The maximum atomic E-state index is 12.6. The van der Waals surface area contributed by atoms with Crippen molar-refractivity contribution in [2.75, 3.05) is 0 Å². The average Bonchev–Trinajstić information content (AvgIpc) is 2.89. The Morgan fingerprint density at radius 1 is 1.00 bits per heavy atom. The highest BCUT2D eigenvalue weighted by Crippen LogP contribution is 2.30. The molecule has 0 saturated carbocycles. The Hall–Kier alpha value is -2.41. The van der Waals surface area contributed by atoms with Crippen molar-refractivity contribution < 1.29 is 13.2 Å². The number of rotatable bonds is 2. The van der Waals surface area contributed by atoms with Gasteiger partial charge in [-0.1, -0.05) is 18.2 Å². The van der Waals surface area contributed by atoms with Crippen LogP contribution in [0.1, 0.15) is 11.1 Å². The molecule has 0 aliphatic heterocycles. The van der Waals surface area contributed by atoms with Gasteiger partial charge >= 0.3 is 6.18 Å². The molecule has 0 aliphatic carbocycles. The summed E-state index contributed by atoms with van der Waals surface area (Å²) in [4.78, 5) is 0. The Labute approximate surface area is 118 Å². The van der Waals surface area contributed by atoms with Crippen LogP contribution in [0.4, 0.5) is 13.2 Å². The van der Waals surface area contributed by atoms with Gasteiger partial charge in [0.25, 0.3) is 0 Å². The van der Waals surface area contributed by atoms with Gasteiger partial charge in [-0.15, -0.1) is 10.2 Å². The molecule has 2 heterocycles. The van der Waals surface area contributed by atoms with Crippen LogP contribution in [0.2, 0.25) is 0 Å². The first kappa shape index (κ1) is 13.6. The Balaban J connectivity index is 2.08. The Kier molecular flexibility index (Phi) is 3.13. The third-order valence-corrected chi connectivity index (χ3v) is 3.17. The van der Waals surface area contributed by atoms with Gasteiger partial charge in [-0.2, -0.15) is 13.2 Å². The highest BCUT2D eigenvalue weighted by molar-refractivity contribution is 5.60. The molecule has 0 bridgehead atoms. The van der Waals surface area contributed by atoms with Crippen LogP contribution in [0.25, 0.3) is 17.0 Å². The number of hydrogen-bond donors (Lipinski definition) is 1. The van der Waals surface area contributed by atoms with Gasteiger partial charge in [-0.25, -0.2) is 0 Å². The molecule has 0 atom stereocenters. The number of nitrogens with two attached hydrogens (primary N) is 1. The lowest BCUT2D eigenvalue weighted by Crippen LogP contribution is -2.04. The fraction of sp³-hybridized carbons (Fsp3) is 0.143. The van der Waals surface area contributed by atoms with Crippen LogP contribution in [-0.4, -0.2) is 14.6 Å². The van der Waals surface area contributed by atoms with Crippen LogP contribution in [0.3, 0.4) is 0 Å². The van der Waals surface area contributed by atoms with Gasteiger partial charge in [0, 0.05) is 18.3 Å². The lowest BCUT2D eigenvalue weighted by atomic mass is 10.1. The predicted octanol–water partition coefficient (Wildman–Crippen LogP) is 2.87. The van der Waals surface area contributed by atoms with Crippen LogP contribution in [-0.2, 0) is 12.7 Å². The summed E-state index contributed by atoms with van der Waals surface area (Å²) in [6.07, 6.45) is -2.57. The summed E-state index contributed by atoms with van der Waals surface area (Å²) in [6, 6.07) is 8.43. The average molecular weight is 292 g/mol. The standard InChI is InChI=1S/C14H11F3N4/c15-14(16,17)11-4-2-10(3-5-11)13-20-19-12-6-1-9(7-18)8-21(12)13/h1-6,8H,7,18H2. The second-order valence-electron chi connectivity index (χ2n) is 4.57. The van der Waals surface area contributed by atoms with Crippen LogP contribution >= 0.6 is 0 Å². The molecular formula is C14H11F3N4. The lowest BCUT2D eigenvalue weighted by molar-refractivity contribution is -0.137. The minimum Gasteiger partial charge on any atom is -0.326 e. The Bertz CT molecular complexity index is 775. The van der Waals surface area contributed by atoms with E-state index in [1.165, 1.54) is 12.1 Å². The zero-order valence-corrected chi connectivity index (χ0v) is 10.8. The number of hydrogen-bond acceptors (Lipinski definition) is 3. The molecule has 108 valence electrons. The van der Waals surface area contributed by atoms with Gasteiger partial charge in [-0.3, -0.25) is 4.40 Å². The SMILES string of the molecule is NCc1ccc2nnc(-c3ccc(C(F)(F)F)cc3)n2c1. The summed E-state index contributed by atoms with van der Waals surface area (Å²) < 4.78 is 39.4. The van der Waals surface area contributed by atoms with Crippen LogP contribution in [0.5, 0.6) is 0 Å². The van der Waals surface area contributed by atoms with Crippen molar-refractivity contribution in [3.63, 3.8) is 0 Å². The number of benzene rings is 1. The van der Waals surface area contributed by atoms with Gasteiger partial charge in [0.1, 0.15) is 0 Å². The van der Waals surface area contributed by atoms with Gasteiger partial charge in [0.15, 0.2) is 11.5 Å². The summed E-state index contributed by atoms with van der Waals surface area (Å²) in [5.74, 6) is 0.481. The number of fused-ring (bicyclic) bond motifs is 1. The molecular weight excluding hydrogens is 281 g/mol. The Morgan fingerprint density at radius 2 is 1.71 bits per heavy atom. The van der Waals surface area contributed by atoms with Crippen molar-refractivity contribution in [1.29, 1.82) is 0 Å². The second-order valence-corrected chi connectivity index (χ2v) is 4.57. The van der Waals surface area contributed by atoms with E-state index in [-0.39, 0.29) is 0 Å². The minimum atomic E-state index is -4.35. The number of nitrogens with zero attached hydrogens (tertiary/aromatic N) is 3. The molecule has 21 heavy (non-hydrogen) atoms. The molecule has 2 aromatic heterocycles. The molecule has 3 aromatic rings. The molecule has 7 heteroatoms. The van der Waals surface area contributed by atoms with Gasteiger partial charge in [0.2, 0.25) is 0 Å². The molecule has 1 aromatic carbocycles. The van der Waals surface area contributed by atoms with E-state index in [1.54, 1.807) is 16.7 Å². The number of alkyl halides is 3. The second kappa shape index (κ2) is 4.85. The maximum Gasteiger partial charge on any atom is 0.416 e.